The van der Waals surface area contributed by atoms with E-state index in [0.29, 0.717) is 13.1 Å². The normalized spacial score (nSPS) is 10.8. The molecule has 0 fully saturated rings. The Hall–Kier alpha value is -3.38. The van der Waals surface area contributed by atoms with E-state index < -0.39 is 12.2 Å². The van der Waals surface area contributed by atoms with E-state index in [4.69, 9.17) is 14.9 Å². The quantitative estimate of drug-likeness (QED) is 0.104. The van der Waals surface area contributed by atoms with Gasteiger partial charge in [0.1, 0.15) is 11.5 Å². The predicted octanol–water partition coefficient (Wildman–Crippen LogP) is 2.93. The van der Waals surface area contributed by atoms with E-state index in [1.54, 1.807) is 0 Å². The molecule has 0 atom stereocenters. The van der Waals surface area contributed by atoms with Gasteiger partial charge in [-0.15, -0.1) is 0 Å². The average Bonchev–Trinajstić information content (AvgIpc) is 2.91. The Labute approximate surface area is 231 Å². The second kappa shape index (κ2) is 20.6. The fourth-order valence-corrected chi connectivity index (χ4v) is 3.83. The lowest BCUT2D eigenvalue weighted by atomic mass is 10.1. The summed E-state index contributed by atoms with van der Waals surface area (Å²) in [6.07, 6.45) is 1.53. The predicted molar refractivity (Wildman–Crippen MR) is 153 cm³/mol. The Morgan fingerprint density at radius 3 is 1.46 bits per heavy atom. The number of ether oxygens (including phenoxy) is 1. The molecule has 0 saturated carbocycles. The van der Waals surface area contributed by atoms with Crippen LogP contribution in [0, 0.1) is 0 Å². The maximum atomic E-state index is 10.4. The van der Waals surface area contributed by atoms with Gasteiger partial charge in [0.15, 0.2) is 0 Å². The molecule has 0 saturated heterocycles. The number of rotatable bonds is 22. The van der Waals surface area contributed by atoms with Crippen molar-refractivity contribution in [3.8, 4) is 11.5 Å². The molecule has 0 aliphatic heterocycles. The second-order valence-electron chi connectivity index (χ2n) is 9.13. The molecule has 0 spiro atoms. The average molecular weight is 545 g/mol. The number of nitrogens with one attached hydrogen (secondary N) is 6. The maximum Gasteiger partial charge on any atom is 0.404 e. The molecule has 2 amide bonds. The van der Waals surface area contributed by atoms with E-state index in [1.807, 2.05) is 30.3 Å². The van der Waals surface area contributed by atoms with Crippen LogP contribution < -0.4 is 36.6 Å². The highest BCUT2D eigenvalue weighted by Gasteiger charge is 2.05. The van der Waals surface area contributed by atoms with Gasteiger partial charge in [-0.1, -0.05) is 24.3 Å². The first-order valence-corrected chi connectivity index (χ1v) is 13.6. The minimum absolute atomic E-state index is 0.462. The highest BCUT2D eigenvalue weighted by atomic mass is 16.5. The summed E-state index contributed by atoms with van der Waals surface area (Å²) >= 11 is 0. The van der Waals surface area contributed by atoms with Crippen molar-refractivity contribution in [2.45, 2.75) is 38.8 Å². The highest BCUT2D eigenvalue weighted by Crippen LogP contribution is 2.24. The number of para-hydroxylation sites is 1. The standard InChI is InChI=1S/C28H44N6O5/c35-27(36)33-16-6-12-29-10-4-14-31-21-23-18-24(20-26(19-23)39-25-8-2-1-3-9-25)22-32-15-5-11-30-13-7-17-34-28(37)38/h1-3,8-9,18-20,29-34H,4-7,10-17,21-22H2,(H,35,36)(H,37,38). The molecule has 0 aliphatic rings. The molecule has 8 N–H and O–H groups in total. The summed E-state index contributed by atoms with van der Waals surface area (Å²) in [6, 6.07) is 16.1. The van der Waals surface area contributed by atoms with Crippen LogP contribution in [0.4, 0.5) is 9.59 Å². The number of hydrogen-bond donors (Lipinski definition) is 8. The SMILES string of the molecule is O=C(O)NCCCNCCCNCc1cc(CNCCCNCCCNC(=O)O)cc(Oc2ccccc2)c1. The van der Waals surface area contributed by atoms with Gasteiger partial charge in [-0.05, 0) is 100 Å². The molecule has 11 heteroatoms. The van der Waals surface area contributed by atoms with E-state index in [-0.39, 0.29) is 0 Å². The minimum Gasteiger partial charge on any atom is -0.465 e. The zero-order valence-corrected chi connectivity index (χ0v) is 22.6. The summed E-state index contributed by atoms with van der Waals surface area (Å²) in [7, 11) is 0. The zero-order valence-electron chi connectivity index (χ0n) is 22.6. The molecule has 2 aromatic carbocycles. The van der Waals surface area contributed by atoms with E-state index in [0.717, 1.165) is 101 Å². The van der Waals surface area contributed by atoms with Crippen molar-refractivity contribution < 1.29 is 24.5 Å². The molecule has 0 bridgehead atoms. The first-order valence-electron chi connectivity index (χ1n) is 13.6. The Morgan fingerprint density at radius 1 is 0.564 bits per heavy atom. The Kier molecular flexibility index (Phi) is 16.8. The van der Waals surface area contributed by atoms with Gasteiger partial charge in [-0.25, -0.2) is 9.59 Å². The van der Waals surface area contributed by atoms with Gasteiger partial charge >= 0.3 is 12.2 Å². The molecule has 0 aliphatic carbocycles. The smallest absolute Gasteiger partial charge is 0.404 e. The lowest BCUT2D eigenvalue weighted by Crippen LogP contribution is -2.27. The topological polar surface area (TPSA) is 156 Å². The molecule has 11 nitrogen and oxygen atoms in total. The van der Waals surface area contributed by atoms with Crippen molar-refractivity contribution in [2.75, 3.05) is 52.4 Å². The van der Waals surface area contributed by atoms with Gasteiger partial charge in [0.05, 0.1) is 0 Å². The molecule has 0 heterocycles. The van der Waals surface area contributed by atoms with Crippen molar-refractivity contribution in [2.24, 2.45) is 0 Å². The van der Waals surface area contributed by atoms with Gasteiger partial charge in [-0.2, -0.15) is 0 Å². The summed E-state index contributed by atoms with van der Waals surface area (Å²) < 4.78 is 6.11. The van der Waals surface area contributed by atoms with E-state index >= 15 is 0 Å². The van der Waals surface area contributed by atoms with Gasteiger partial charge in [-0.3, -0.25) is 0 Å². The lowest BCUT2D eigenvalue weighted by molar-refractivity contribution is 0.193. The summed E-state index contributed by atoms with van der Waals surface area (Å²) in [5.74, 6) is 1.61. The van der Waals surface area contributed by atoms with Crippen molar-refractivity contribution in [1.82, 2.24) is 31.9 Å². The van der Waals surface area contributed by atoms with E-state index in [1.165, 1.54) is 0 Å². The summed E-state index contributed by atoms with van der Waals surface area (Å²) in [4.78, 5) is 20.9. The zero-order chi connectivity index (χ0) is 28.0. The summed E-state index contributed by atoms with van der Waals surface area (Å²) in [6.45, 7) is 7.47. The number of amides is 2. The molecule has 216 valence electrons. The number of benzene rings is 2. The van der Waals surface area contributed by atoms with Crippen LogP contribution in [-0.4, -0.2) is 74.8 Å². The van der Waals surface area contributed by atoms with Crippen molar-refractivity contribution >= 4 is 12.2 Å². The molecule has 39 heavy (non-hydrogen) atoms. The lowest BCUT2D eigenvalue weighted by Gasteiger charge is -2.13. The fourth-order valence-electron chi connectivity index (χ4n) is 3.83. The fraction of sp³-hybridized carbons (Fsp3) is 0.500. The van der Waals surface area contributed by atoms with Crippen molar-refractivity contribution in [3.63, 3.8) is 0 Å². The van der Waals surface area contributed by atoms with Crippen LogP contribution in [0.5, 0.6) is 11.5 Å². The van der Waals surface area contributed by atoms with E-state index in [2.05, 4.69) is 50.1 Å². The highest BCUT2D eigenvalue weighted by molar-refractivity contribution is 5.64. The van der Waals surface area contributed by atoms with Crippen LogP contribution in [0.1, 0.15) is 36.8 Å². The largest absolute Gasteiger partial charge is 0.465 e. The van der Waals surface area contributed by atoms with Gasteiger partial charge in [0.25, 0.3) is 0 Å². The van der Waals surface area contributed by atoms with Gasteiger partial charge in [0, 0.05) is 26.2 Å². The number of hydrogen-bond acceptors (Lipinski definition) is 7. The summed E-state index contributed by atoms with van der Waals surface area (Å²) in [5, 5.41) is 35.5. The van der Waals surface area contributed by atoms with E-state index in [9.17, 15) is 9.59 Å². The first kappa shape index (κ1) is 31.8. The molecule has 0 aromatic heterocycles. The third kappa shape index (κ3) is 16.9. The van der Waals surface area contributed by atoms with Crippen LogP contribution in [0.25, 0.3) is 0 Å². The maximum absolute atomic E-state index is 10.4. The third-order valence-corrected chi connectivity index (χ3v) is 5.69. The van der Waals surface area contributed by atoms with Gasteiger partial charge < -0.3 is 46.9 Å². The molecule has 2 rings (SSSR count). The minimum atomic E-state index is -0.981. The second-order valence-corrected chi connectivity index (χ2v) is 9.13. The monoisotopic (exact) mass is 544 g/mol. The van der Waals surface area contributed by atoms with Crippen LogP contribution in [0.2, 0.25) is 0 Å². The molecular formula is C28H44N6O5. The first-order chi connectivity index (χ1) is 19.0. The molecular weight excluding hydrogens is 500 g/mol. The molecule has 0 radical (unpaired) electrons. The van der Waals surface area contributed by atoms with Crippen LogP contribution in [0.3, 0.4) is 0 Å². The molecule has 0 unspecified atom stereocenters. The van der Waals surface area contributed by atoms with Crippen molar-refractivity contribution in [1.29, 1.82) is 0 Å². The van der Waals surface area contributed by atoms with Crippen molar-refractivity contribution in [3.05, 3.63) is 59.7 Å². The number of carbonyl (C=O) groups is 2. The van der Waals surface area contributed by atoms with Crippen LogP contribution >= 0.6 is 0 Å². The van der Waals surface area contributed by atoms with Gasteiger partial charge in [0.2, 0.25) is 0 Å². The Bertz CT molecular complexity index is 895. The Morgan fingerprint density at radius 2 is 1.00 bits per heavy atom. The Balaban J connectivity index is 1.71. The van der Waals surface area contributed by atoms with Crippen LogP contribution in [-0.2, 0) is 13.1 Å². The van der Waals surface area contributed by atoms with Crippen LogP contribution in [0.15, 0.2) is 48.5 Å². The summed E-state index contributed by atoms with van der Waals surface area (Å²) in [5.41, 5.74) is 2.31. The molecule has 2 aromatic rings. The number of carboxylic acid groups (broad SMARTS) is 2. The third-order valence-electron chi connectivity index (χ3n) is 5.69.